The molecule has 3 atom stereocenters. The second kappa shape index (κ2) is 7.75. The molecule has 9 heteroatoms. The molecule has 1 aliphatic rings. The van der Waals surface area contributed by atoms with E-state index < -0.39 is 29.9 Å². The molecule has 2 heterocycles. The van der Waals surface area contributed by atoms with Crippen LogP contribution in [0, 0.1) is 5.92 Å². The van der Waals surface area contributed by atoms with E-state index in [1.54, 1.807) is 18.2 Å². The monoisotopic (exact) mass is 377 g/mol. The number of nitrogens with one attached hydrogen (secondary N) is 1. The van der Waals surface area contributed by atoms with Crippen LogP contribution < -0.4 is 20.5 Å². The van der Waals surface area contributed by atoms with E-state index in [0.29, 0.717) is 16.5 Å². The zero-order valence-corrected chi connectivity index (χ0v) is 14.9. The first kappa shape index (κ1) is 18.8. The predicted molar refractivity (Wildman–Crippen MR) is 94.5 cm³/mol. The molecule has 0 saturated carbocycles. The van der Waals surface area contributed by atoms with E-state index in [-0.39, 0.29) is 24.7 Å². The summed E-state index contributed by atoms with van der Waals surface area (Å²) in [5, 5.41) is 3.85. The summed E-state index contributed by atoms with van der Waals surface area (Å²) in [5.41, 5.74) is 5.62. The van der Waals surface area contributed by atoms with Gasteiger partial charge in [-0.1, -0.05) is 0 Å². The molecule has 27 heavy (non-hydrogen) atoms. The van der Waals surface area contributed by atoms with Gasteiger partial charge in [0.2, 0.25) is 5.88 Å². The number of hydrogen-bond donors (Lipinski definition) is 2. The van der Waals surface area contributed by atoms with Gasteiger partial charge in [-0.05, 0) is 23.6 Å². The lowest BCUT2D eigenvalue weighted by molar-refractivity contribution is -0.124. The number of nitrogens with zero attached hydrogens (tertiary/aromatic N) is 1. The number of nitrogens with two attached hydrogens (primary N) is 1. The van der Waals surface area contributed by atoms with Crippen LogP contribution in [-0.4, -0.2) is 56.4 Å². The number of amides is 2. The van der Waals surface area contributed by atoms with Gasteiger partial charge in [0.25, 0.3) is 11.8 Å². The molecule has 1 aromatic heterocycles. The maximum Gasteiger partial charge on any atom is 0.255 e. The third-order valence-electron chi connectivity index (χ3n) is 4.54. The van der Waals surface area contributed by atoms with Crippen molar-refractivity contribution >= 4 is 22.6 Å². The summed E-state index contributed by atoms with van der Waals surface area (Å²) in [6.45, 7) is 0.110. The summed E-state index contributed by atoms with van der Waals surface area (Å²) in [6.07, 6.45) is -0.121. The average Bonchev–Trinajstić information content (AvgIpc) is 2.93. The summed E-state index contributed by atoms with van der Waals surface area (Å²) in [5.74, 6) is -1.37. The first-order valence-corrected chi connectivity index (χ1v) is 8.29. The number of carbonyl (C=O) groups is 2. The van der Waals surface area contributed by atoms with Crippen LogP contribution in [-0.2, 0) is 9.53 Å². The highest BCUT2D eigenvalue weighted by molar-refractivity contribution is 6.01. The number of rotatable bonds is 7. The molecular weight excluding hydrogens is 357 g/mol. The zero-order valence-electron chi connectivity index (χ0n) is 14.9. The largest absolute Gasteiger partial charge is 0.496 e. The molecule has 1 aromatic carbocycles. The number of halogens is 1. The molecule has 3 rings (SSSR count). The highest BCUT2D eigenvalue weighted by Crippen LogP contribution is 2.31. The number of aromatic nitrogens is 1. The molecule has 0 radical (unpaired) electrons. The van der Waals surface area contributed by atoms with Crippen molar-refractivity contribution in [1.29, 1.82) is 0 Å². The Morgan fingerprint density at radius 3 is 2.78 bits per heavy atom. The zero-order chi connectivity index (χ0) is 19.6. The number of hydrogen-bond acceptors (Lipinski definition) is 6. The van der Waals surface area contributed by atoms with E-state index in [9.17, 15) is 14.0 Å². The fraction of sp³-hybridized carbons (Fsp3) is 0.389. The van der Waals surface area contributed by atoms with E-state index in [4.69, 9.17) is 19.9 Å². The minimum Gasteiger partial charge on any atom is -0.496 e. The molecule has 0 bridgehead atoms. The number of alkyl halides is 1. The number of pyridine rings is 1. The first-order chi connectivity index (χ1) is 13.0. The number of carbonyl (C=O) groups excluding carboxylic acids is 2. The van der Waals surface area contributed by atoms with Crippen LogP contribution in [0.3, 0.4) is 0 Å². The Hall–Kier alpha value is -2.94. The predicted octanol–water partition coefficient (Wildman–Crippen LogP) is 0.820. The average molecular weight is 377 g/mol. The van der Waals surface area contributed by atoms with E-state index in [1.165, 1.54) is 20.4 Å². The Bertz CT molecular complexity index is 875. The molecule has 0 unspecified atom stereocenters. The molecule has 8 nitrogen and oxygen atoms in total. The van der Waals surface area contributed by atoms with Crippen LogP contribution in [0.4, 0.5) is 4.39 Å². The van der Waals surface area contributed by atoms with Crippen LogP contribution in [0.5, 0.6) is 11.6 Å². The molecular formula is C18H20FN3O5. The highest BCUT2D eigenvalue weighted by Gasteiger charge is 2.43. The van der Waals surface area contributed by atoms with Crippen LogP contribution in [0.25, 0.3) is 10.8 Å². The van der Waals surface area contributed by atoms with Crippen molar-refractivity contribution in [2.24, 2.45) is 11.7 Å². The molecule has 1 fully saturated rings. The third-order valence-corrected chi connectivity index (χ3v) is 4.54. The second-order valence-corrected chi connectivity index (χ2v) is 6.20. The van der Waals surface area contributed by atoms with Gasteiger partial charge in [-0.25, -0.2) is 9.37 Å². The number of methoxy groups -OCH3 is 2. The Labute approximate surface area is 154 Å². The van der Waals surface area contributed by atoms with Gasteiger partial charge < -0.3 is 25.3 Å². The fourth-order valence-corrected chi connectivity index (χ4v) is 3.15. The number of primary amides is 1. The second-order valence-electron chi connectivity index (χ2n) is 6.20. The Morgan fingerprint density at radius 2 is 2.11 bits per heavy atom. The molecule has 144 valence electrons. The summed E-state index contributed by atoms with van der Waals surface area (Å²) in [7, 11) is 2.87. The Balaban J connectivity index is 1.87. The molecule has 2 amide bonds. The van der Waals surface area contributed by atoms with Gasteiger partial charge in [-0.15, -0.1) is 0 Å². The smallest absolute Gasteiger partial charge is 0.255 e. The minimum atomic E-state index is -1.64. The lowest BCUT2D eigenvalue weighted by Crippen LogP contribution is -2.36. The highest BCUT2D eigenvalue weighted by atomic mass is 19.1. The Kier molecular flexibility index (Phi) is 5.41. The van der Waals surface area contributed by atoms with Gasteiger partial charge in [0, 0.05) is 24.6 Å². The maximum atomic E-state index is 14.0. The molecule has 2 aromatic rings. The SMILES string of the molecule is COC[C@@H]1[C@H](F)C(=O)N[C@@H]1COc1nccc2cc(C(N)=O)c(OC)cc12. The number of benzene rings is 1. The lowest BCUT2D eigenvalue weighted by atomic mass is 10.0. The summed E-state index contributed by atoms with van der Waals surface area (Å²) >= 11 is 0. The van der Waals surface area contributed by atoms with Crippen molar-refractivity contribution in [2.75, 3.05) is 27.4 Å². The van der Waals surface area contributed by atoms with Gasteiger partial charge in [0.1, 0.15) is 12.4 Å². The normalized spacial score (nSPS) is 21.9. The molecule has 0 spiro atoms. The minimum absolute atomic E-state index is 0.0200. The van der Waals surface area contributed by atoms with E-state index in [1.807, 2.05) is 0 Å². The fourth-order valence-electron chi connectivity index (χ4n) is 3.15. The van der Waals surface area contributed by atoms with Crippen LogP contribution >= 0.6 is 0 Å². The van der Waals surface area contributed by atoms with Crippen molar-refractivity contribution < 1.29 is 28.2 Å². The van der Waals surface area contributed by atoms with Crippen LogP contribution in [0.15, 0.2) is 24.4 Å². The van der Waals surface area contributed by atoms with Crippen molar-refractivity contribution in [3.63, 3.8) is 0 Å². The quantitative estimate of drug-likeness (QED) is 0.739. The van der Waals surface area contributed by atoms with Crippen LogP contribution in [0.2, 0.25) is 0 Å². The van der Waals surface area contributed by atoms with E-state index in [2.05, 4.69) is 10.3 Å². The van der Waals surface area contributed by atoms with Crippen molar-refractivity contribution in [2.45, 2.75) is 12.2 Å². The molecule has 1 aliphatic heterocycles. The van der Waals surface area contributed by atoms with Gasteiger partial charge in [0.15, 0.2) is 6.17 Å². The summed E-state index contributed by atoms with van der Waals surface area (Å²) in [4.78, 5) is 27.4. The van der Waals surface area contributed by atoms with Gasteiger partial charge >= 0.3 is 0 Å². The lowest BCUT2D eigenvalue weighted by Gasteiger charge is -2.19. The summed E-state index contributed by atoms with van der Waals surface area (Å²) < 4.78 is 30.0. The third kappa shape index (κ3) is 3.63. The van der Waals surface area contributed by atoms with Gasteiger partial charge in [-0.3, -0.25) is 9.59 Å². The van der Waals surface area contributed by atoms with E-state index in [0.717, 1.165) is 0 Å². The van der Waals surface area contributed by atoms with Crippen molar-refractivity contribution in [3.8, 4) is 11.6 Å². The number of ether oxygens (including phenoxy) is 3. The topological polar surface area (TPSA) is 113 Å². The van der Waals surface area contributed by atoms with Gasteiger partial charge in [0.05, 0.1) is 25.3 Å². The van der Waals surface area contributed by atoms with E-state index >= 15 is 0 Å². The van der Waals surface area contributed by atoms with Gasteiger partial charge in [-0.2, -0.15) is 0 Å². The molecule has 0 aliphatic carbocycles. The maximum absolute atomic E-state index is 14.0. The Morgan fingerprint density at radius 1 is 1.33 bits per heavy atom. The standard InChI is InChI=1S/C18H20FN3O5/c1-25-7-12-13(22-17(24)15(12)19)8-27-18-10-6-14(26-2)11(16(20)23)5-9(10)3-4-21-18/h3-6,12-13,15H,7-8H2,1-2H3,(H2,20,23)(H,22,24)/t12-,13+,15-/m0/s1. The van der Waals surface area contributed by atoms with Crippen molar-refractivity contribution in [1.82, 2.24) is 10.3 Å². The molecule has 3 N–H and O–H groups in total. The first-order valence-electron chi connectivity index (χ1n) is 8.29. The molecule has 1 saturated heterocycles. The summed E-state index contributed by atoms with van der Waals surface area (Å²) in [6, 6.07) is 4.36. The number of fused-ring (bicyclic) bond motifs is 1. The van der Waals surface area contributed by atoms with Crippen LogP contribution in [0.1, 0.15) is 10.4 Å². The van der Waals surface area contributed by atoms with Crippen molar-refractivity contribution in [3.05, 3.63) is 30.0 Å².